The Morgan fingerprint density at radius 1 is 1.31 bits per heavy atom. The summed E-state index contributed by atoms with van der Waals surface area (Å²) >= 11 is 0. The first-order valence-corrected chi connectivity index (χ1v) is 5.87. The van der Waals surface area contributed by atoms with Crippen LogP contribution in [0.4, 0.5) is 0 Å². The van der Waals surface area contributed by atoms with Crippen LogP contribution in [0.3, 0.4) is 0 Å². The van der Waals surface area contributed by atoms with Gasteiger partial charge in [-0.1, -0.05) is 0 Å². The molecule has 1 aromatic heterocycles. The number of carbonyl (C=O) groups excluding carboxylic acids is 1. The van der Waals surface area contributed by atoms with Crippen molar-refractivity contribution in [2.45, 2.75) is 4.90 Å². The Hall–Kier alpha value is -1.66. The summed E-state index contributed by atoms with van der Waals surface area (Å²) in [5, 5.41) is 0.450. The van der Waals surface area contributed by atoms with Crippen molar-refractivity contribution in [2.75, 3.05) is 7.11 Å². The maximum absolute atomic E-state index is 11.7. The van der Waals surface area contributed by atoms with Gasteiger partial charge in [-0.25, -0.2) is 0 Å². The van der Waals surface area contributed by atoms with E-state index in [1.54, 1.807) is 18.3 Å². The molecule has 1 aromatic carbocycles. The van der Waals surface area contributed by atoms with Gasteiger partial charge in [0.05, 0.1) is 7.11 Å². The predicted octanol–water partition coefficient (Wildman–Crippen LogP) is 1.32. The van der Waals surface area contributed by atoms with E-state index in [9.17, 15) is 13.2 Å². The molecule has 0 saturated carbocycles. The molecule has 84 valence electrons. The Balaban J connectivity index is 2.92. The lowest BCUT2D eigenvalue weighted by molar-refractivity contribution is 0.112. The molecule has 0 radical (unpaired) electrons. The molecule has 1 heterocycles. The second kappa shape index (κ2) is 3.73. The summed E-state index contributed by atoms with van der Waals surface area (Å²) in [5.41, 5.74) is 0.732. The van der Waals surface area contributed by atoms with Crippen LogP contribution in [0.5, 0.6) is 0 Å². The average Bonchev–Trinajstić information content (AvgIpc) is 2.75. The summed E-state index contributed by atoms with van der Waals surface area (Å²) in [4.78, 5) is 13.6. The van der Waals surface area contributed by atoms with Crippen molar-refractivity contribution < 1.29 is 17.4 Å². The fourth-order valence-electron chi connectivity index (χ4n) is 1.58. The van der Waals surface area contributed by atoms with Gasteiger partial charge in [0.15, 0.2) is 6.29 Å². The van der Waals surface area contributed by atoms with Crippen molar-refractivity contribution in [3.8, 4) is 0 Å². The zero-order valence-electron chi connectivity index (χ0n) is 8.43. The largest absolute Gasteiger partial charge is 0.361 e. The first-order chi connectivity index (χ1) is 7.60. The third-order valence-electron chi connectivity index (χ3n) is 2.31. The summed E-state index contributed by atoms with van der Waals surface area (Å²) in [6.45, 7) is 0. The van der Waals surface area contributed by atoms with Gasteiger partial charge < -0.3 is 4.98 Å². The van der Waals surface area contributed by atoms with Crippen molar-refractivity contribution in [3.63, 3.8) is 0 Å². The Morgan fingerprint density at radius 2 is 2.06 bits per heavy atom. The second-order valence-electron chi connectivity index (χ2n) is 3.16. The zero-order chi connectivity index (χ0) is 11.8. The Bertz CT molecular complexity index is 642. The number of nitrogens with one attached hydrogen (secondary N) is 1. The van der Waals surface area contributed by atoms with Gasteiger partial charge in [-0.05, 0) is 18.2 Å². The van der Waals surface area contributed by atoms with Crippen LogP contribution in [0.15, 0.2) is 29.3 Å². The molecule has 5 nitrogen and oxygen atoms in total. The molecule has 2 aromatic rings. The van der Waals surface area contributed by atoms with E-state index in [-0.39, 0.29) is 10.5 Å². The van der Waals surface area contributed by atoms with Crippen LogP contribution in [-0.4, -0.2) is 26.8 Å². The van der Waals surface area contributed by atoms with Gasteiger partial charge in [-0.15, -0.1) is 0 Å². The highest BCUT2D eigenvalue weighted by Crippen LogP contribution is 2.26. The molecule has 0 spiro atoms. The molecule has 1 N–H and O–H groups in total. The lowest BCUT2D eigenvalue weighted by Crippen LogP contribution is -2.06. The fourth-order valence-corrected chi connectivity index (χ4v) is 2.60. The normalized spacial score (nSPS) is 11.8. The molecule has 0 amide bonds. The van der Waals surface area contributed by atoms with Crippen molar-refractivity contribution >= 4 is 27.3 Å². The van der Waals surface area contributed by atoms with Crippen LogP contribution in [0, 0.1) is 0 Å². The first-order valence-electron chi connectivity index (χ1n) is 4.46. The van der Waals surface area contributed by atoms with Gasteiger partial charge in [0.1, 0.15) is 4.90 Å². The van der Waals surface area contributed by atoms with Gasteiger partial charge in [0, 0.05) is 22.7 Å². The van der Waals surface area contributed by atoms with Crippen LogP contribution < -0.4 is 0 Å². The van der Waals surface area contributed by atoms with Crippen LogP contribution in [0.25, 0.3) is 10.9 Å². The maximum Gasteiger partial charge on any atom is 0.298 e. The summed E-state index contributed by atoms with van der Waals surface area (Å²) in [6.07, 6.45) is 2.10. The van der Waals surface area contributed by atoms with Crippen LogP contribution in [-0.2, 0) is 14.3 Å². The quantitative estimate of drug-likeness (QED) is 0.647. The lowest BCUT2D eigenvalue weighted by atomic mass is 10.2. The fraction of sp³-hybridized carbons (Fsp3) is 0.100. The van der Waals surface area contributed by atoms with E-state index in [0.29, 0.717) is 17.2 Å². The van der Waals surface area contributed by atoms with E-state index in [4.69, 9.17) is 0 Å². The number of hydrogen-bond donors (Lipinski definition) is 1. The highest BCUT2D eigenvalue weighted by molar-refractivity contribution is 7.87. The van der Waals surface area contributed by atoms with E-state index in [0.717, 1.165) is 7.11 Å². The Morgan fingerprint density at radius 3 is 2.69 bits per heavy atom. The smallest absolute Gasteiger partial charge is 0.298 e. The van der Waals surface area contributed by atoms with Gasteiger partial charge >= 0.3 is 0 Å². The zero-order valence-corrected chi connectivity index (χ0v) is 9.24. The van der Waals surface area contributed by atoms with E-state index in [2.05, 4.69) is 9.17 Å². The van der Waals surface area contributed by atoms with Crippen molar-refractivity contribution in [1.29, 1.82) is 0 Å². The van der Waals surface area contributed by atoms with Crippen LogP contribution >= 0.6 is 0 Å². The minimum Gasteiger partial charge on any atom is -0.361 e. The van der Waals surface area contributed by atoms with Crippen LogP contribution in [0.2, 0.25) is 0 Å². The molecule has 0 aliphatic heterocycles. The topological polar surface area (TPSA) is 76.2 Å². The van der Waals surface area contributed by atoms with Crippen molar-refractivity contribution in [2.24, 2.45) is 0 Å². The van der Waals surface area contributed by atoms with Gasteiger partial charge in [-0.3, -0.25) is 8.98 Å². The molecule has 6 heteroatoms. The summed E-state index contributed by atoms with van der Waals surface area (Å²) in [6, 6.07) is 4.68. The molecular formula is C10H9NO4S. The standard InChI is InChI=1S/C10H9NO4S/c1-15-16(13,14)10-7(6-12)2-3-9-8(10)4-5-11-9/h2-6,11H,1H3. The average molecular weight is 239 g/mol. The summed E-state index contributed by atoms with van der Waals surface area (Å²) < 4.78 is 27.8. The second-order valence-corrected chi connectivity index (χ2v) is 4.81. The van der Waals surface area contributed by atoms with Gasteiger partial charge in [0.25, 0.3) is 10.1 Å². The predicted molar refractivity (Wildman–Crippen MR) is 57.9 cm³/mol. The summed E-state index contributed by atoms with van der Waals surface area (Å²) in [7, 11) is -2.82. The minimum atomic E-state index is -3.89. The molecule has 2 rings (SSSR count). The molecule has 0 atom stereocenters. The lowest BCUT2D eigenvalue weighted by Gasteiger charge is -2.05. The van der Waals surface area contributed by atoms with E-state index in [1.165, 1.54) is 6.07 Å². The Labute approximate surface area is 92.2 Å². The number of aromatic amines is 1. The number of aldehydes is 1. The van der Waals surface area contributed by atoms with E-state index < -0.39 is 10.1 Å². The SMILES string of the molecule is COS(=O)(=O)c1c(C=O)ccc2[nH]ccc12. The number of carbonyl (C=O) groups is 1. The molecule has 0 aliphatic rings. The number of H-pyrrole nitrogens is 1. The van der Waals surface area contributed by atoms with E-state index >= 15 is 0 Å². The molecule has 0 saturated heterocycles. The molecule has 0 bridgehead atoms. The monoisotopic (exact) mass is 239 g/mol. The molecule has 0 unspecified atom stereocenters. The van der Waals surface area contributed by atoms with Crippen molar-refractivity contribution in [3.05, 3.63) is 30.0 Å². The number of aromatic nitrogens is 1. The molecule has 0 fully saturated rings. The van der Waals surface area contributed by atoms with Crippen molar-refractivity contribution in [1.82, 2.24) is 4.98 Å². The molecule has 0 aliphatic carbocycles. The maximum atomic E-state index is 11.7. The number of rotatable bonds is 3. The van der Waals surface area contributed by atoms with Crippen LogP contribution in [0.1, 0.15) is 10.4 Å². The highest BCUT2D eigenvalue weighted by Gasteiger charge is 2.21. The summed E-state index contributed by atoms with van der Waals surface area (Å²) in [5.74, 6) is 0. The number of fused-ring (bicyclic) bond motifs is 1. The Kier molecular flexibility index (Phi) is 2.53. The third kappa shape index (κ3) is 1.52. The van der Waals surface area contributed by atoms with Gasteiger partial charge in [0.2, 0.25) is 0 Å². The highest BCUT2D eigenvalue weighted by atomic mass is 32.2. The third-order valence-corrected chi connectivity index (χ3v) is 3.71. The number of benzene rings is 1. The molecule has 16 heavy (non-hydrogen) atoms. The minimum absolute atomic E-state index is 0.0916. The first kappa shape index (κ1) is 10.8. The van der Waals surface area contributed by atoms with E-state index in [1.807, 2.05) is 0 Å². The van der Waals surface area contributed by atoms with Gasteiger partial charge in [-0.2, -0.15) is 8.42 Å². The molecular weight excluding hydrogens is 230 g/mol. The number of hydrogen-bond acceptors (Lipinski definition) is 4.